The number of phenolic OH excluding ortho intramolecular Hbond substituents is 2. The molecule has 2 aliphatic carbocycles. The summed E-state index contributed by atoms with van der Waals surface area (Å²) in [4.78, 5) is 25.1. The van der Waals surface area contributed by atoms with Gasteiger partial charge in [-0.05, 0) is 197 Å². The van der Waals surface area contributed by atoms with Crippen LogP contribution in [0.15, 0.2) is 85.6 Å². The number of carbonyl (C=O) groups excluding carboxylic acids is 2. The molecule has 0 radical (unpaired) electrons. The quantitative estimate of drug-likeness (QED) is 0.0523. The molecule has 0 spiro atoms. The molecule has 2 aliphatic rings. The van der Waals surface area contributed by atoms with E-state index in [1.54, 1.807) is 37.5 Å². The zero-order chi connectivity index (χ0) is 52.3. The smallest absolute Gasteiger partial charge is 0.309 e. The van der Waals surface area contributed by atoms with Crippen molar-refractivity contribution in [3.05, 3.63) is 102 Å². The van der Waals surface area contributed by atoms with Crippen LogP contribution in [0.2, 0.25) is 0 Å². The standard InChI is InChI=1S/C33H48O5.C17H26O3.C8H14O.C3H4.CH4/c1-7-25(32(35)38-33(4,5)6)22-28(27-13-17-29(34)18-14-27)21-23(2)26-15-19-31(20-16-26)37-24(3)36-30-11-9-8-10-12-30;1-6-13(16(19)20-17(3,4)5)11-12(2)14-7-9-15(18)10-8-14;1-2-9-8-6-4-3-5-7-8;1-3-2;/h13-20,23-25,28,30,34H,7-12,21-22H2,1-6H3;7-10,12-13,18H,6,11H2,1-5H3;2,8H,1,3-7H2;1H,2H3;1H4. The highest BCUT2D eigenvalue weighted by Gasteiger charge is 2.29. The van der Waals surface area contributed by atoms with Crippen LogP contribution in [0.1, 0.15) is 221 Å². The predicted octanol–water partition coefficient (Wildman–Crippen LogP) is 16.5. The molecule has 0 aromatic heterocycles. The van der Waals surface area contributed by atoms with Crippen molar-refractivity contribution < 1.29 is 43.5 Å². The van der Waals surface area contributed by atoms with E-state index >= 15 is 0 Å². The first-order valence-corrected chi connectivity index (χ1v) is 26.2. The summed E-state index contributed by atoms with van der Waals surface area (Å²) < 4.78 is 28.6. The lowest BCUT2D eigenvalue weighted by Crippen LogP contribution is -2.29. The third-order valence-corrected chi connectivity index (χ3v) is 12.7. The SMILES string of the molecule is C.C#CC.C=COC1CCCCC1.CCC(CC(C)c1ccc(O)cc1)C(=O)OC(C)(C)C.CCC(CC(CC(C)c1ccc(OC(C)OC2CCCCC2)cc1)c1ccc(O)cc1)C(=O)OC(C)(C)C. The Hall–Kier alpha value is -4.94. The number of benzene rings is 3. The number of esters is 2. The van der Waals surface area contributed by atoms with Gasteiger partial charge < -0.3 is 33.9 Å². The molecular weight excluding hydrogens is 889 g/mol. The van der Waals surface area contributed by atoms with Crippen molar-refractivity contribution in [2.75, 3.05) is 0 Å². The van der Waals surface area contributed by atoms with E-state index in [9.17, 15) is 19.8 Å². The molecular formula is C62H96O9. The summed E-state index contributed by atoms with van der Waals surface area (Å²) in [6, 6.07) is 22.9. The summed E-state index contributed by atoms with van der Waals surface area (Å²) in [5.41, 5.74) is 2.54. The molecule has 6 unspecified atom stereocenters. The largest absolute Gasteiger partial charge is 0.508 e. The van der Waals surface area contributed by atoms with E-state index in [0.29, 0.717) is 18.6 Å². The van der Waals surface area contributed by atoms with Crippen molar-refractivity contribution in [3.8, 4) is 29.6 Å². The van der Waals surface area contributed by atoms with Gasteiger partial charge in [-0.25, -0.2) is 0 Å². The fourth-order valence-corrected chi connectivity index (χ4v) is 8.92. The number of rotatable bonds is 19. The molecule has 398 valence electrons. The van der Waals surface area contributed by atoms with Crippen LogP contribution in [0.25, 0.3) is 0 Å². The molecule has 2 N–H and O–H groups in total. The van der Waals surface area contributed by atoms with Gasteiger partial charge in [0.25, 0.3) is 0 Å². The summed E-state index contributed by atoms with van der Waals surface area (Å²) in [6.07, 6.45) is 23.1. The van der Waals surface area contributed by atoms with E-state index < -0.39 is 11.2 Å². The van der Waals surface area contributed by atoms with Crippen molar-refractivity contribution >= 4 is 11.9 Å². The van der Waals surface area contributed by atoms with Crippen molar-refractivity contribution in [1.29, 1.82) is 0 Å². The Bertz CT molecular complexity index is 1920. The van der Waals surface area contributed by atoms with Gasteiger partial charge in [-0.15, -0.1) is 12.3 Å². The summed E-state index contributed by atoms with van der Waals surface area (Å²) in [5.74, 6) is 3.74. The van der Waals surface area contributed by atoms with Gasteiger partial charge in [0.05, 0.1) is 30.3 Å². The van der Waals surface area contributed by atoms with Gasteiger partial charge in [0.1, 0.15) is 28.5 Å². The lowest BCUT2D eigenvalue weighted by molar-refractivity contribution is -0.161. The van der Waals surface area contributed by atoms with Crippen molar-refractivity contribution in [3.63, 3.8) is 0 Å². The Morgan fingerprint density at radius 3 is 1.44 bits per heavy atom. The number of ether oxygens (including phenoxy) is 5. The minimum Gasteiger partial charge on any atom is -0.508 e. The van der Waals surface area contributed by atoms with E-state index in [1.807, 2.05) is 98.7 Å². The van der Waals surface area contributed by atoms with Crippen LogP contribution < -0.4 is 4.74 Å². The highest BCUT2D eigenvalue weighted by Crippen LogP contribution is 2.37. The summed E-state index contributed by atoms with van der Waals surface area (Å²) >= 11 is 0. The Labute approximate surface area is 431 Å². The number of hydrogen-bond donors (Lipinski definition) is 2. The molecule has 0 saturated heterocycles. The predicted molar refractivity (Wildman–Crippen MR) is 293 cm³/mol. The fraction of sp³-hybridized carbons (Fsp3) is 0.613. The molecule has 9 nitrogen and oxygen atoms in total. The number of hydrogen-bond acceptors (Lipinski definition) is 9. The van der Waals surface area contributed by atoms with Crippen LogP contribution in [-0.2, 0) is 28.5 Å². The maximum absolute atomic E-state index is 12.9. The van der Waals surface area contributed by atoms with Crippen molar-refractivity contribution in [2.45, 2.75) is 234 Å². The third-order valence-electron chi connectivity index (χ3n) is 12.7. The first-order valence-electron chi connectivity index (χ1n) is 26.2. The molecule has 6 atom stereocenters. The maximum Gasteiger partial charge on any atom is 0.309 e. The van der Waals surface area contributed by atoms with Crippen LogP contribution in [0.4, 0.5) is 0 Å². The van der Waals surface area contributed by atoms with E-state index in [-0.39, 0.29) is 66.7 Å². The number of phenols is 2. The van der Waals surface area contributed by atoms with Gasteiger partial charge in [-0.1, -0.05) is 104 Å². The first kappa shape index (κ1) is 64.1. The topological polar surface area (TPSA) is 121 Å². The van der Waals surface area contributed by atoms with E-state index in [2.05, 4.69) is 44.9 Å². The Morgan fingerprint density at radius 2 is 1.03 bits per heavy atom. The zero-order valence-corrected chi connectivity index (χ0v) is 45.3. The third kappa shape index (κ3) is 26.9. The van der Waals surface area contributed by atoms with E-state index in [1.165, 1.54) is 56.9 Å². The lowest BCUT2D eigenvalue weighted by atomic mass is 9.80. The van der Waals surface area contributed by atoms with Crippen LogP contribution >= 0.6 is 0 Å². The number of carbonyl (C=O) groups is 2. The monoisotopic (exact) mass is 985 g/mol. The molecule has 0 bridgehead atoms. The first-order chi connectivity index (χ1) is 33.1. The van der Waals surface area contributed by atoms with Crippen LogP contribution in [-0.4, -0.2) is 51.9 Å². The molecule has 9 heteroatoms. The minimum atomic E-state index is -0.505. The van der Waals surface area contributed by atoms with Crippen molar-refractivity contribution in [1.82, 2.24) is 0 Å². The van der Waals surface area contributed by atoms with Gasteiger partial charge >= 0.3 is 11.9 Å². The highest BCUT2D eigenvalue weighted by molar-refractivity contribution is 5.73. The molecule has 3 aromatic rings. The van der Waals surface area contributed by atoms with Crippen LogP contribution in [0.5, 0.6) is 17.2 Å². The Morgan fingerprint density at radius 1 is 0.648 bits per heavy atom. The molecule has 0 heterocycles. The van der Waals surface area contributed by atoms with E-state index in [4.69, 9.17) is 23.7 Å². The summed E-state index contributed by atoms with van der Waals surface area (Å²) in [5, 5.41) is 19.1. The van der Waals surface area contributed by atoms with Gasteiger partial charge in [-0.3, -0.25) is 9.59 Å². The second-order valence-electron chi connectivity index (χ2n) is 21.2. The normalized spacial score (nSPS) is 16.5. The molecule has 5 rings (SSSR count). The molecule has 0 aliphatic heterocycles. The summed E-state index contributed by atoms with van der Waals surface area (Å²) in [6.45, 7) is 26.9. The molecule has 71 heavy (non-hydrogen) atoms. The van der Waals surface area contributed by atoms with Crippen LogP contribution in [0.3, 0.4) is 0 Å². The lowest BCUT2D eigenvalue weighted by Gasteiger charge is -2.28. The second-order valence-corrected chi connectivity index (χ2v) is 21.2. The highest BCUT2D eigenvalue weighted by atomic mass is 16.7. The average Bonchev–Trinajstić information content (AvgIpc) is 3.30. The average molecular weight is 985 g/mol. The zero-order valence-electron chi connectivity index (χ0n) is 45.3. The second kappa shape index (κ2) is 33.7. The van der Waals surface area contributed by atoms with Gasteiger partial charge in [0, 0.05) is 0 Å². The van der Waals surface area contributed by atoms with E-state index in [0.717, 1.165) is 55.4 Å². The van der Waals surface area contributed by atoms with Gasteiger partial charge in [0.2, 0.25) is 0 Å². The van der Waals surface area contributed by atoms with Gasteiger partial charge in [-0.2, -0.15) is 0 Å². The molecule has 0 amide bonds. The van der Waals surface area contributed by atoms with Gasteiger partial charge in [0.15, 0.2) is 6.29 Å². The molecule has 2 saturated carbocycles. The number of aromatic hydroxyl groups is 2. The summed E-state index contributed by atoms with van der Waals surface area (Å²) in [7, 11) is 0. The van der Waals surface area contributed by atoms with Crippen LogP contribution in [0, 0.1) is 24.2 Å². The minimum absolute atomic E-state index is 0. The molecule has 2 fully saturated rings. The molecule has 3 aromatic carbocycles. The maximum atomic E-state index is 12.9. The fourth-order valence-electron chi connectivity index (χ4n) is 8.92. The Kier molecular flexibility index (Phi) is 30.4. The number of terminal acetylenes is 1. The van der Waals surface area contributed by atoms with Crippen molar-refractivity contribution in [2.24, 2.45) is 11.8 Å². The Balaban J connectivity index is 0.000000631.